The summed E-state index contributed by atoms with van der Waals surface area (Å²) in [7, 11) is 1.31. The lowest BCUT2D eigenvalue weighted by atomic mass is 10.1. The van der Waals surface area contributed by atoms with Gasteiger partial charge in [-0.1, -0.05) is 12.1 Å². The molecule has 3 rings (SSSR count). The number of hydrogen-bond acceptors (Lipinski definition) is 6. The Kier molecular flexibility index (Phi) is 3.14. The van der Waals surface area contributed by atoms with Crippen molar-refractivity contribution >= 4 is 11.0 Å². The van der Waals surface area contributed by atoms with E-state index in [-0.39, 0.29) is 34.0 Å². The van der Waals surface area contributed by atoms with Gasteiger partial charge in [-0.15, -0.1) is 0 Å². The fraction of sp³-hybridized carbons (Fsp3) is 0.0625. The Morgan fingerprint density at radius 3 is 2.45 bits per heavy atom. The molecule has 0 radical (unpaired) electrons. The number of aromatic hydroxyl groups is 3. The van der Waals surface area contributed by atoms with Gasteiger partial charge in [0.15, 0.2) is 16.8 Å². The van der Waals surface area contributed by atoms with Crippen molar-refractivity contribution in [2.75, 3.05) is 7.11 Å². The molecule has 6 heteroatoms. The summed E-state index contributed by atoms with van der Waals surface area (Å²) >= 11 is 0. The maximum absolute atomic E-state index is 12.2. The molecule has 0 aliphatic heterocycles. The number of fused-ring (bicyclic) bond motifs is 1. The van der Waals surface area contributed by atoms with Crippen LogP contribution in [-0.4, -0.2) is 22.4 Å². The topological polar surface area (TPSA) is 100 Å². The molecular weight excluding hydrogens is 288 g/mol. The van der Waals surface area contributed by atoms with Crippen molar-refractivity contribution in [3.8, 4) is 34.3 Å². The third kappa shape index (κ3) is 2.01. The third-order valence-corrected chi connectivity index (χ3v) is 3.31. The summed E-state index contributed by atoms with van der Waals surface area (Å²) in [6.45, 7) is 0. The molecule has 0 fully saturated rings. The number of benzene rings is 2. The van der Waals surface area contributed by atoms with E-state index < -0.39 is 11.2 Å². The minimum absolute atomic E-state index is 0.0254. The van der Waals surface area contributed by atoms with Gasteiger partial charge in [0.25, 0.3) is 0 Å². The number of phenols is 3. The van der Waals surface area contributed by atoms with Crippen LogP contribution in [0.4, 0.5) is 0 Å². The average molecular weight is 300 g/mol. The van der Waals surface area contributed by atoms with E-state index in [1.807, 2.05) is 0 Å². The van der Waals surface area contributed by atoms with Crippen molar-refractivity contribution < 1.29 is 24.5 Å². The summed E-state index contributed by atoms with van der Waals surface area (Å²) in [6, 6.07) is 8.59. The van der Waals surface area contributed by atoms with Crippen LogP contribution in [0.3, 0.4) is 0 Å². The lowest BCUT2D eigenvalue weighted by Crippen LogP contribution is -2.01. The predicted molar refractivity (Wildman–Crippen MR) is 79.5 cm³/mol. The molecule has 0 aliphatic carbocycles. The van der Waals surface area contributed by atoms with E-state index >= 15 is 0 Å². The first-order chi connectivity index (χ1) is 10.5. The van der Waals surface area contributed by atoms with Crippen LogP contribution in [0.2, 0.25) is 0 Å². The summed E-state index contributed by atoms with van der Waals surface area (Å²) < 4.78 is 10.4. The zero-order chi connectivity index (χ0) is 15.9. The van der Waals surface area contributed by atoms with E-state index in [1.54, 1.807) is 18.2 Å². The fourth-order valence-electron chi connectivity index (χ4n) is 2.25. The van der Waals surface area contributed by atoms with Crippen LogP contribution in [0.1, 0.15) is 0 Å². The number of rotatable bonds is 2. The Morgan fingerprint density at radius 2 is 1.77 bits per heavy atom. The van der Waals surface area contributed by atoms with Crippen LogP contribution in [0.25, 0.3) is 22.3 Å². The van der Waals surface area contributed by atoms with Crippen LogP contribution in [-0.2, 0) is 0 Å². The number of ether oxygens (including phenoxy) is 1. The first-order valence-electron chi connectivity index (χ1n) is 6.38. The second-order valence-electron chi connectivity index (χ2n) is 4.64. The molecule has 0 atom stereocenters. The molecule has 0 saturated carbocycles. The van der Waals surface area contributed by atoms with Crippen LogP contribution >= 0.6 is 0 Å². The summed E-state index contributed by atoms with van der Waals surface area (Å²) in [4.78, 5) is 12.2. The van der Waals surface area contributed by atoms with Gasteiger partial charge in [0.2, 0.25) is 5.75 Å². The number of methoxy groups -OCH3 is 1. The van der Waals surface area contributed by atoms with Gasteiger partial charge < -0.3 is 24.5 Å². The smallest absolute Gasteiger partial charge is 0.202 e. The molecular formula is C16H12O6. The van der Waals surface area contributed by atoms with Crippen LogP contribution in [0.15, 0.2) is 45.6 Å². The SMILES string of the molecule is COc1cc(O)c2c(=O)cc(-c3ccccc3O)oc2c1O. The maximum atomic E-state index is 12.2. The van der Waals surface area contributed by atoms with Gasteiger partial charge in [-0.05, 0) is 12.1 Å². The Hall–Kier alpha value is -3.15. The second kappa shape index (κ2) is 5.00. The summed E-state index contributed by atoms with van der Waals surface area (Å²) in [5, 5.41) is 29.7. The third-order valence-electron chi connectivity index (χ3n) is 3.31. The Balaban J connectivity index is 2.40. The lowest BCUT2D eigenvalue weighted by Gasteiger charge is -2.09. The molecule has 0 bridgehead atoms. The highest BCUT2D eigenvalue weighted by Crippen LogP contribution is 2.40. The van der Waals surface area contributed by atoms with E-state index in [9.17, 15) is 20.1 Å². The molecule has 1 aromatic heterocycles. The average Bonchev–Trinajstić information content (AvgIpc) is 2.50. The lowest BCUT2D eigenvalue weighted by molar-refractivity contribution is 0.367. The van der Waals surface area contributed by atoms with E-state index in [4.69, 9.17) is 9.15 Å². The van der Waals surface area contributed by atoms with Crippen molar-refractivity contribution in [1.82, 2.24) is 0 Å². The molecule has 0 amide bonds. The first-order valence-corrected chi connectivity index (χ1v) is 6.38. The molecule has 3 N–H and O–H groups in total. The molecule has 0 aliphatic rings. The largest absolute Gasteiger partial charge is 0.507 e. The maximum Gasteiger partial charge on any atom is 0.202 e. The minimum Gasteiger partial charge on any atom is -0.507 e. The summed E-state index contributed by atoms with van der Waals surface area (Å²) in [6.07, 6.45) is 0. The van der Waals surface area contributed by atoms with Crippen molar-refractivity contribution in [1.29, 1.82) is 0 Å². The molecule has 1 heterocycles. The van der Waals surface area contributed by atoms with Gasteiger partial charge in [0.1, 0.15) is 22.6 Å². The van der Waals surface area contributed by atoms with Crippen LogP contribution in [0, 0.1) is 0 Å². The quantitative estimate of drug-likeness (QED) is 0.629. The molecule has 22 heavy (non-hydrogen) atoms. The molecule has 3 aromatic rings. The zero-order valence-electron chi connectivity index (χ0n) is 11.5. The Labute approximate surface area is 124 Å². The van der Waals surface area contributed by atoms with Gasteiger partial charge >= 0.3 is 0 Å². The van der Waals surface area contributed by atoms with Crippen molar-refractivity contribution in [2.24, 2.45) is 0 Å². The minimum atomic E-state index is -0.546. The normalized spacial score (nSPS) is 10.8. The molecule has 2 aromatic carbocycles. The second-order valence-corrected chi connectivity index (χ2v) is 4.64. The zero-order valence-corrected chi connectivity index (χ0v) is 11.5. The summed E-state index contributed by atoms with van der Waals surface area (Å²) in [5.41, 5.74) is -0.458. The van der Waals surface area contributed by atoms with Crippen LogP contribution < -0.4 is 10.2 Å². The highest BCUT2D eigenvalue weighted by atomic mass is 16.5. The van der Waals surface area contributed by atoms with Crippen molar-refractivity contribution in [2.45, 2.75) is 0 Å². The number of para-hydroxylation sites is 1. The van der Waals surface area contributed by atoms with Gasteiger partial charge in [0, 0.05) is 12.1 Å². The highest BCUT2D eigenvalue weighted by molar-refractivity contribution is 5.91. The highest BCUT2D eigenvalue weighted by Gasteiger charge is 2.19. The fourth-order valence-corrected chi connectivity index (χ4v) is 2.25. The van der Waals surface area contributed by atoms with Gasteiger partial charge in [-0.25, -0.2) is 0 Å². The van der Waals surface area contributed by atoms with Gasteiger partial charge in [-0.2, -0.15) is 0 Å². The molecule has 0 unspecified atom stereocenters. The van der Waals surface area contributed by atoms with E-state index in [1.165, 1.54) is 13.2 Å². The van der Waals surface area contributed by atoms with E-state index in [2.05, 4.69) is 0 Å². The first kappa shape index (κ1) is 13.8. The standard InChI is InChI=1S/C16H12O6/c1-21-13-7-11(19)14-10(18)6-12(22-16(14)15(13)20)8-4-2-3-5-9(8)17/h2-7,17,19-20H,1H3. The molecule has 6 nitrogen and oxygen atoms in total. The predicted octanol–water partition coefficient (Wildman–Crippen LogP) is 2.59. The van der Waals surface area contributed by atoms with E-state index in [0.717, 1.165) is 12.1 Å². The monoisotopic (exact) mass is 300 g/mol. The molecule has 0 saturated heterocycles. The Morgan fingerprint density at radius 1 is 1.05 bits per heavy atom. The number of hydrogen-bond donors (Lipinski definition) is 3. The van der Waals surface area contributed by atoms with Gasteiger partial charge in [0.05, 0.1) is 12.7 Å². The molecule has 112 valence electrons. The number of phenolic OH excluding ortho intramolecular Hbond substituents is 3. The van der Waals surface area contributed by atoms with Crippen LogP contribution in [0.5, 0.6) is 23.0 Å². The van der Waals surface area contributed by atoms with E-state index in [0.29, 0.717) is 5.56 Å². The van der Waals surface area contributed by atoms with Gasteiger partial charge in [-0.3, -0.25) is 4.79 Å². The summed E-state index contributed by atoms with van der Waals surface area (Å²) in [5.74, 6) is -0.787. The Bertz CT molecular complexity index is 926. The van der Waals surface area contributed by atoms with Crippen molar-refractivity contribution in [3.63, 3.8) is 0 Å². The van der Waals surface area contributed by atoms with Crippen molar-refractivity contribution in [3.05, 3.63) is 46.6 Å². The molecule has 0 spiro atoms.